The molecule has 7 aromatic rings. The summed E-state index contributed by atoms with van der Waals surface area (Å²) in [6, 6.07) is 35.0. The summed E-state index contributed by atoms with van der Waals surface area (Å²) in [4.78, 5) is 18.0. The van der Waals surface area contributed by atoms with Crippen molar-refractivity contribution >= 4 is 19.2 Å². The Hall–Kier alpha value is -5.70. The normalized spacial score (nSPS) is 19.2. The van der Waals surface area contributed by atoms with Gasteiger partial charge in [-0.1, -0.05) is 104 Å². The van der Waals surface area contributed by atoms with Gasteiger partial charge in [-0.15, -0.1) is 0 Å². The number of benzene rings is 4. The lowest BCUT2D eigenvalue weighted by Gasteiger charge is -2.37. The van der Waals surface area contributed by atoms with Crippen molar-refractivity contribution in [2.75, 3.05) is 20.3 Å². The minimum atomic E-state index is -1.35. The molecule has 0 aliphatic carbocycles. The third-order valence-corrected chi connectivity index (χ3v) is 12.4. The zero-order chi connectivity index (χ0) is 41.0. The Morgan fingerprint density at radius 3 is 2.22 bits per heavy atom. The van der Waals surface area contributed by atoms with Crippen molar-refractivity contribution in [1.82, 2.24) is 24.5 Å². The predicted octanol–water partition coefficient (Wildman–Crippen LogP) is 8.37. The van der Waals surface area contributed by atoms with E-state index in [1.807, 2.05) is 66.7 Å². The highest BCUT2D eigenvalue weighted by Crippen LogP contribution is 2.43. The molecule has 3 aromatic heterocycles. The highest BCUT2D eigenvalue weighted by atomic mass is 28.3. The van der Waals surface area contributed by atoms with Crippen molar-refractivity contribution in [1.29, 1.82) is 0 Å². The number of hydrogen-bond acceptors (Lipinski definition) is 11. The smallest absolute Gasteiger partial charge is 0.245 e. The largest absolute Gasteiger partial charge is 0.497 e. The van der Waals surface area contributed by atoms with E-state index in [0.717, 1.165) is 45.2 Å². The Balaban J connectivity index is 1.13. The van der Waals surface area contributed by atoms with E-state index < -0.39 is 38.2 Å². The first kappa shape index (κ1) is 40.1. The van der Waals surface area contributed by atoms with Crippen LogP contribution in [0.5, 0.6) is 11.6 Å². The van der Waals surface area contributed by atoms with Crippen LogP contribution in [0.25, 0.3) is 22.6 Å². The maximum Gasteiger partial charge on any atom is 0.245 e. The molecule has 1 aliphatic rings. The van der Waals surface area contributed by atoms with E-state index in [4.69, 9.17) is 33.1 Å². The van der Waals surface area contributed by atoms with E-state index in [2.05, 4.69) is 77.9 Å². The number of nitrogens with zero attached hydrogens (tertiary/aromatic N) is 5. The van der Waals surface area contributed by atoms with Crippen LogP contribution >= 0.6 is 0 Å². The number of aliphatic hydroxyl groups excluding tert-OH is 1. The first-order valence-corrected chi connectivity index (χ1v) is 23.5. The number of ether oxygens (including phenoxy) is 5. The molecule has 59 heavy (non-hydrogen) atoms. The van der Waals surface area contributed by atoms with Gasteiger partial charge in [0.2, 0.25) is 11.8 Å². The minimum absolute atomic E-state index is 0.00381. The average molecular weight is 812 g/mol. The van der Waals surface area contributed by atoms with E-state index in [9.17, 15) is 5.11 Å². The fraction of sp³-hybridized carbons (Fsp3) is 0.304. The van der Waals surface area contributed by atoms with Crippen LogP contribution in [0, 0.1) is 6.92 Å². The molecule has 1 saturated heterocycles. The average Bonchev–Trinajstić information content (AvgIpc) is 4.01. The van der Waals surface area contributed by atoms with Crippen molar-refractivity contribution < 1.29 is 33.2 Å². The first-order chi connectivity index (χ1) is 28.6. The van der Waals surface area contributed by atoms with Gasteiger partial charge in [0.15, 0.2) is 17.4 Å². The molecule has 13 heteroatoms. The van der Waals surface area contributed by atoms with Crippen molar-refractivity contribution in [2.24, 2.45) is 0 Å². The SMILES string of the molecule is COc1ccc(C(OCC2O[C@@H](n3cnc4c(OCC[Si](C)(C)C)ncnc43)[C@H](OCc3ccc(-c4ncco4)cc3)[C@@H]2O)(c2ccccc2)c2ccc(C)cc2)cc1. The summed E-state index contributed by atoms with van der Waals surface area (Å²) in [5, 5.41) is 12.2. The molecule has 1 aliphatic heterocycles. The van der Waals surface area contributed by atoms with E-state index in [1.165, 1.54) is 6.33 Å². The summed E-state index contributed by atoms with van der Waals surface area (Å²) >= 11 is 0. The Morgan fingerprint density at radius 2 is 1.54 bits per heavy atom. The standard InChI is InChI=1S/C46H49N5O7Si/c1-31-11-17-35(18-12-31)46(34-9-7-6-8-10-34,36-19-21-37(53-2)22-20-36)57-28-38-40(52)41(56-27-32-13-15-33(16-14-32)43-47-23-24-54-43)45(58-38)51-30-50-39-42(51)48-29-49-44(39)55-25-26-59(3,4)5/h6-24,29-30,38,40-41,45,52H,25-28H2,1-5H3/t38?,40-,41-,45-,46?/m1/s1. The third-order valence-electron chi connectivity index (χ3n) is 10.7. The Bertz CT molecular complexity index is 2420. The molecule has 0 amide bonds. The summed E-state index contributed by atoms with van der Waals surface area (Å²) in [5.41, 5.74) is 5.50. The van der Waals surface area contributed by atoms with Crippen LogP contribution in [0.3, 0.4) is 0 Å². The lowest BCUT2D eigenvalue weighted by Crippen LogP contribution is -2.40. The summed E-state index contributed by atoms with van der Waals surface area (Å²) in [6.45, 7) is 9.69. The van der Waals surface area contributed by atoms with Gasteiger partial charge in [-0.2, -0.15) is 4.98 Å². The molecule has 304 valence electrons. The van der Waals surface area contributed by atoms with Crippen LogP contribution in [-0.4, -0.2) is 76.3 Å². The van der Waals surface area contributed by atoms with Crippen LogP contribution in [0.15, 0.2) is 133 Å². The number of fused-ring (bicyclic) bond motifs is 1. The second-order valence-corrected chi connectivity index (χ2v) is 21.6. The summed E-state index contributed by atoms with van der Waals surface area (Å²) in [6.07, 6.45) is 2.66. The van der Waals surface area contributed by atoms with Gasteiger partial charge >= 0.3 is 0 Å². The number of hydrogen-bond donors (Lipinski definition) is 1. The van der Waals surface area contributed by atoms with Crippen LogP contribution < -0.4 is 9.47 Å². The monoisotopic (exact) mass is 811 g/mol. The molecule has 0 radical (unpaired) electrons. The van der Waals surface area contributed by atoms with Crippen molar-refractivity contribution in [2.45, 2.75) is 69.4 Å². The molecular formula is C46H49N5O7Si. The quantitative estimate of drug-likeness (QED) is 0.0745. The minimum Gasteiger partial charge on any atom is -0.497 e. The van der Waals surface area contributed by atoms with Gasteiger partial charge in [0.1, 0.15) is 42.3 Å². The third kappa shape index (κ3) is 8.56. The Morgan fingerprint density at radius 1 is 0.831 bits per heavy atom. The molecule has 0 spiro atoms. The van der Waals surface area contributed by atoms with Gasteiger partial charge in [0, 0.05) is 13.6 Å². The van der Waals surface area contributed by atoms with Gasteiger partial charge < -0.3 is 33.2 Å². The molecule has 8 rings (SSSR count). The molecular weight excluding hydrogens is 763 g/mol. The van der Waals surface area contributed by atoms with E-state index in [1.54, 1.807) is 30.5 Å². The fourth-order valence-electron chi connectivity index (χ4n) is 7.38. The molecule has 5 atom stereocenters. The Kier molecular flexibility index (Phi) is 11.7. The highest BCUT2D eigenvalue weighted by molar-refractivity contribution is 6.76. The zero-order valence-corrected chi connectivity index (χ0v) is 34.9. The lowest BCUT2D eigenvalue weighted by atomic mass is 9.79. The lowest BCUT2D eigenvalue weighted by molar-refractivity contribution is -0.0968. The Labute approximate surface area is 344 Å². The van der Waals surface area contributed by atoms with Gasteiger partial charge in [-0.3, -0.25) is 4.57 Å². The molecule has 0 bridgehead atoms. The number of aryl methyl sites for hydroxylation is 1. The maximum absolute atomic E-state index is 12.2. The van der Waals surface area contributed by atoms with Crippen LogP contribution in [0.2, 0.25) is 25.7 Å². The first-order valence-electron chi connectivity index (χ1n) is 19.8. The molecule has 4 aromatic carbocycles. The van der Waals surface area contributed by atoms with Gasteiger partial charge in [-0.05, 0) is 59.5 Å². The molecule has 1 fully saturated rings. The summed E-state index contributed by atoms with van der Waals surface area (Å²) in [7, 11) is 0.297. The van der Waals surface area contributed by atoms with Crippen LogP contribution in [0.4, 0.5) is 0 Å². The van der Waals surface area contributed by atoms with Gasteiger partial charge in [0.25, 0.3) is 0 Å². The van der Waals surface area contributed by atoms with E-state index in [-0.39, 0.29) is 13.2 Å². The van der Waals surface area contributed by atoms with Gasteiger partial charge in [-0.25, -0.2) is 15.0 Å². The maximum atomic E-state index is 12.2. The second kappa shape index (κ2) is 17.3. The second-order valence-electron chi connectivity index (χ2n) is 16.0. The topological polar surface area (TPSA) is 136 Å². The van der Waals surface area contributed by atoms with E-state index in [0.29, 0.717) is 29.5 Å². The number of aromatic nitrogens is 5. The molecule has 4 heterocycles. The molecule has 1 N–H and O–H groups in total. The number of imidazole rings is 1. The van der Waals surface area contributed by atoms with E-state index >= 15 is 0 Å². The van der Waals surface area contributed by atoms with Crippen molar-refractivity contribution in [3.63, 3.8) is 0 Å². The molecule has 2 unspecified atom stereocenters. The van der Waals surface area contributed by atoms with Crippen molar-refractivity contribution in [3.8, 4) is 23.1 Å². The number of oxazole rings is 1. The van der Waals surface area contributed by atoms with Crippen LogP contribution in [-0.2, 0) is 26.4 Å². The number of aliphatic hydroxyl groups is 1. The number of rotatable bonds is 16. The summed E-state index contributed by atoms with van der Waals surface area (Å²) < 4.78 is 39.6. The number of methoxy groups -OCH3 is 1. The zero-order valence-electron chi connectivity index (χ0n) is 33.9. The van der Waals surface area contributed by atoms with Crippen molar-refractivity contribution in [3.05, 3.63) is 156 Å². The fourth-order valence-corrected chi connectivity index (χ4v) is 8.10. The highest BCUT2D eigenvalue weighted by Gasteiger charge is 2.48. The van der Waals surface area contributed by atoms with Gasteiger partial charge in [0.05, 0.1) is 39.5 Å². The van der Waals surface area contributed by atoms with Crippen LogP contribution in [0.1, 0.15) is 34.0 Å². The summed E-state index contributed by atoms with van der Waals surface area (Å²) in [5.74, 6) is 1.66. The molecule has 0 saturated carbocycles. The molecule has 12 nitrogen and oxygen atoms in total. The predicted molar refractivity (Wildman–Crippen MR) is 226 cm³/mol.